The average Bonchev–Trinajstić information content (AvgIpc) is 3.00. The number of hydrogen-bond acceptors (Lipinski definition) is 4. The highest BCUT2D eigenvalue weighted by Crippen LogP contribution is 2.42. The summed E-state index contributed by atoms with van der Waals surface area (Å²) in [5.74, 6) is 0.805. The van der Waals surface area contributed by atoms with Crippen LogP contribution in [0, 0.1) is 5.41 Å². The van der Waals surface area contributed by atoms with Crippen molar-refractivity contribution in [1.82, 2.24) is 14.7 Å². The van der Waals surface area contributed by atoms with Crippen molar-refractivity contribution in [2.24, 2.45) is 5.41 Å². The van der Waals surface area contributed by atoms with E-state index < -0.39 is 10.0 Å². The molecule has 0 spiro atoms. The minimum Gasteiger partial charge on any atom is -0.497 e. The molecule has 1 aliphatic heterocycles. The molecule has 8 heteroatoms. The summed E-state index contributed by atoms with van der Waals surface area (Å²) in [5.41, 5.74) is 2.07. The van der Waals surface area contributed by atoms with E-state index in [9.17, 15) is 13.2 Å². The zero-order chi connectivity index (χ0) is 23.5. The lowest BCUT2D eigenvalue weighted by Crippen LogP contribution is -2.45. The molecule has 2 atom stereocenters. The Balaban J connectivity index is 1.92. The summed E-state index contributed by atoms with van der Waals surface area (Å²) in [4.78, 5) is 17.5. The second-order valence-corrected chi connectivity index (χ2v) is 11.1. The van der Waals surface area contributed by atoms with E-state index in [-0.39, 0.29) is 30.0 Å². The maximum Gasteiger partial charge on any atom is 0.335 e. The van der Waals surface area contributed by atoms with E-state index in [1.165, 1.54) is 5.01 Å². The van der Waals surface area contributed by atoms with Gasteiger partial charge in [-0.15, -0.1) is 4.83 Å². The van der Waals surface area contributed by atoms with Crippen molar-refractivity contribution in [3.63, 3.8) is 0 Å². The van der Waals surface area contributed by atoms with Crippen LogP contribution in [0.2, 0.25) is 0 Å². The quantitative estimate of drug-likeness (QED) is 0.654. The van der Waals surface area contributed by atoms with Gasteiger partial charge in [0.1, 0.15) is 5.75 Å². The van der Waals surface area contributed by atoms with Crippen LogP contribution in [0.15, 0.2) is 54.6 Å². The molecule has 1 saturated heterocycles. The third kappa shape index (κ3) is 5.81. The number of nitrogens with zero attached hydrogens (tertiary/aromatic N) is 2. The molecule has 1 fully saturated rings. The first kappa shape index (κ1) is 24.1. The molecule has 2 unspecified atom stereocenters. The maximum absolute atomic E-state index is 13.3. The molecule has 0 bridgehead atoms. The number of nitrogens with one attached hydrogen (secondary N) is 1. The predicted molar refractivity (Wildman–Crippen MR) is 126 cm³/mol. The van der Waals surface area contributed by atoms with Gasteiger partial charge in [-0.3, -0.25) is 0 Å². The lowest BCUT2D eigenvalue weighted by atomic mass is 9.72. The molecule has 0 aromatic heterocycles. The lowest BCUT2D eigenvalue weighted by Gasteiger charge is -2.39. The molecule has 1 heterocycles. The topological polar surface area (TPSA) is 79.0 Å². The third-order valence-electron chi connectivity index (χ3n) is 5.80. The number of carbonyl (C=O) groups is 1. The number of rotatable bonds is 8. The average molecular weight is 460 g/mol. The standard InChI is InChI=1S/C24H33N3O4S/c1-24(2,3)22(19-9-7-6-8-10-19)21-17-27(25-32(5,29)30)23(28)26(21)16-15-18-11-13-20(31-4)14-12-18/h6-14,21-22,25H,15-17H2,1-5H3. The van der Waals surface area contributed by atoms with Gasteiger partial charge in [0.25, 0.3) is 0 Å². The normalized spacial score (nSPS) is 18.2. The summed E-state index contributed by atoms with van der Waals surface area (Å²) >= 11 is 0. The molecule has 1 N–H and O–H groups in total. The zero-order valence-electron chi connectivity index (χ0n) is 19.4. The molecule has 0 radical (unpaired) electrons. The van der Waals surface area contributed by atoms with Gasteiger partial charge in [0.05, 0.1) is 26.0 Å². The Labute approximate surface area is 191 Å². The molecule has 32 heavy (non-hydrogen) atoms. The SMILES string of the molecule is COc1ccc(CCN2C(=O)N(NS(C)(=O)=O)CC2C(c2ccccc2)C(C)(C)C)cc1. The van der Waals surface area contributed by atoms with E-state index in [0.717, 1.165) is 23.1 Å². The van der Waals surface area contributed by atoms with Gasteiger partial charge in [0, 0.05) is 12.5 Å². The number of urea groups is 1. The van der Waals surface area contributed by atoms with E-state index in [1.54, 1.807) is 7.11 Å². The van der Waals surface area contributed by atoms with Crippen LogP contribution < -0.4 is 9.57 Å². The molecule has 7 nitrogen and oxygen atoms in total. The van der Waals surface area contributed by atoms with Crippen molar-refractivity contribution < 1.29 is 17.9 Å². The second-order valence-electron chi connectivity index (χ2n) is 9.37. The van der Waals surface area contributed by atoms with Crippen LogP contribution in [-0.4, -0.2) is 56.9 Å². The maximum atomic E-state index is 13.3. The number of hydrogen-bond donors (Lipinski definition) is 1. The highest BCUT2D eigenvalue weighted by molar-refractivity contribution is 7.88. The van der Waals surface area contributed by atoms with Crippen LogP contribution in [-0.2, 0) is 16.4 Å². The molecular formula is C24H33N3O4S. The largest absolute Gasteiger partial charge is 0.497 e. The monoisotopic (exact) mass is 459 g/mol. The van der Waals surface area contributed by atoms with Crippen LogP contribution >= 0.6 is 0 Å². The second kappa shape index (κ2) is 9.50. The highest BCUT2D eigenvalue weighted by Gasteiger charge is 2.46. The number of carbonyl (C=O) groups excluding carboxylic acids is 1. The van der Waals surface area contributed by atoms with Crippen LogP contribution in [0.4, 0.5) is 4.79 Å². The molecule has 1 aliphatic rings. The first-order valence-corrected chi connectivity index (χ1v) is 12.6. The number of amides is 2. The van der Waals surface area contributed by atoms with Gasteiger partial charge in [0.15, 0.2) is 0 Å². The molecule has 174 valence electrons. The molecule has 0 saturated carbocycles. The molecule has 2 amide bonds. The fourth-order valence-electron chi connectivity index (χ4n) is 4.49. The Morgan fingerprint density at radius 3 is 2.25 bits per heavy atom. The number of ether oxygens (including phenoxy) is 1. The highest BCUT2D eigenvalue weighted by atomic mass is 32.2. The van der Waals surface area contributed by atoms with E-state index in [1.807, 2.05) is 47.4 Å². The van der Waals surface area contributed by atoms with Gasteiger partial charge in [-0.25, -0.2) is 18.2 Å². The number of sulfonamides is 1. The van der Waals surface area contributed by atoms with Crippen molar-refractivity contribution in [2.75, 3.05) is 26.5 Å². The summed E-state index contributed by atoms with van der Waals surface area (Å²) in [7, 11) is -1.95. The van der Waals surface area contributed by atoms with Gasteiger partial charge in [-0.1, -0.05) is 63.2 Å². The molecule has 3 rings (SSSR count). The fraction of sp³-hybridized carbons (Fsp3) is 0.458. The summed E-state index contributed by atoms with van der Waals surface area (Å²) in [6, 6.07) is 17.4. The van der Waals surface area contributed by atoms with Gasteiger partial charge in [-0.05, 0) is 35.1 Å². The first-order valence-electron chi connectivity index (χ1n) is 10.7. The summed E-state index contributed by atoms with van der Waals surface area (Å²) in [6.45, 7) is 7.23. The number of hydrazine groups is 1. The first-order chi connectivity index (χ1) is 15.0. The number of methoxy groups -OCH3 is 1. The van der Waals surface area contributed by atoms with E-state index in [0.29, 0.717) is 13.0 Å². The van der Waals surface area contributed by atoms with Crippen molar-refractivity contribution in [1.29, 1.82) is 0 Å². The lowest BCUT2D eigenvalue weighted by molar-refractivity contribution is 0.163. The van der Waals surface area contributed by atoms with E-state index in [4.69, 9.17) is 4.74 Å². The van der Waals surface area contributed by atoms with Crippen LogP contribution in [0.5, 0.6) is 5.75 Å². The fourth-order valence-corrected chi connectivity index (χ4v) is 5.04. The third-order valence-corrected chi connectivity index (χ3v) is 6.35. The van der Waals surface area contributed by atoms with Crippen LogP contribution in [0.3, 0.4) is 0 Å². The van der Waals surface area contributed by atoms with Crippen molar-refractivity contribution >= 4 is 16.1 Å². The summed E-state index contributed by atoms with van der Waals surface area (Å²) in [6.07, 6.45) is 1.72. The van der Waals surface area contributed by atoms with E-state index >= 15 is 0 Å². The van der Waals surface area contributed by atoms with Crippen molar-refractivity contribution in [3.8, 4) is 5.75 Å². The van der Waals surface area contributed by atoms with Gasteiger partial charge in [-0.2, -0.15) is 0 Å². The minimum atomic E-state index is -3.57. The van der Waals surface area contributed by atoms with Gasteiger partial charge >= 0.3 is 6.03 Å². The van der Waals surface area contributed by atoms with Crippen LogP contribution in [0.25, 0.3) is 0 Å². The number of benzene rings is 2. The minimum absolute atomic E-state index is 0.0230. The van der Waals surface area contributed by atoms with Crippen molar-refractivity contribution in [3.05, 3.63) is 65.7 Å². The Kier molecular flexibility index (Phi) is 7.15. The Bertz CT molecular complexity index is 1020. The molecular weight excluding hydrogens is 426 g/mol. The van der Waals surface area contributed by atoms with Gasteiger partial charge < -0.3 is 9.64 Å². The van der Waals surface area contributed by atoms with E-state index in [2.05, 4.69) is 37.7 Å². The zero-order valence-corrected chi connectivity index (χ0v) is 20.2. The Hall–Kier alpha value is -2.58. The Morgan fingerprint density at radius 2 is 1.72 bits per heavy atom. The van der Waals surface area contributed by atoms with Crippen molar-refractivity contribution in [2.45, 2.75) is 39.2 Å². The Morgan fingerprint density at radius 1 is 1.09 bits per heavy atom. The molecule has 2 aromatic carbocycles. The molecule has 0 aliphatic carbocycles. The van der Waals surface area contributed by atoms with Gasteiger partial charge in [0.2, 0.25) is 10.0 Å². The summed E-state index contributed by atoms with van der Waals surface area (Å²) in [5, 5.41) is 1.23. The van der Waals surface area contributed by atoms with Crippen LogP contribution in [0.1, 0.15) is 37.8 Å². The summed E-state index contributed by atoms with van der Waals surface area (Å²) < 4.78 is 29.0. The molecule has 2 aromatic rings. The predicted octanol–water partition coefficient (Wildman–Crippen LogP) is 3.64. The smallest absolute Gasteiger partial charge is 0.335 e.